The molecule has 1 nitrogen and oxygen atoms in total. The Kier molecular flexibility index (Phi) is 1.94. The van der Waals surface area contributed by atoms with Gasteiger partial charge in [-0.1, -0.05) is 0 Å². The van der Waals surface area contributed by atoms with Crippen molar-refractivity contribution in [3.05, 3.63) is 28.0 Å². The molecule has 0 atom stereocenters. The summed E-state index contributed by atoms with van der Waals surface area (Å²) in [5.74, 6) is -0.308. The molecule has 3 heteroatoms. The summed E-state index contributed by atoms with van der Waals surface area (Å²) in [6, 6.07) is 3.00. The largest absolute Gasteiger partial charge is 0.399 e. The number of aryl methyl sites for hydroxylation is 1. The van der Waals surface area contributed by atoms with Crippen molar-refractivity contribution < 1.29 is 4.39 Å². The van der Waals surface area contributed by atoms with Gasteiger partial charge in [-0.2, -0.15) is 0 Å². The van der Waals surface area contributed by atoms with Crippen LogP contribution >= 0.6 is 15.9 Å². The van der Waals surface area contributed by atoms with Crippen LogP contribution in [0.5, 0.6) is 0 Å². The van der Waals surface area contributed by atoms with Crippen molar-refractivity contribution in [2.45, 2.75) is 6.92 Å². The van der Waals surface area contributed by atoms with Crippen molar-refractivity contribution in [1.82, 2.24) is 0 Å². The first-order valence-corrected chi connectivity index (χ1v) is 3.61. The first-order valence-electron chi connectivity index (χ1n) is 2.82. The highest BCUT2D eigenvalue weighted by molar-refractivity contribution is 9.10. The fourth-order valence-electron chi connectivity index (χ4n) is 0.753. The highest BCUT2D eigenvalue weighted by Crippen LogP contribution is 2.22. The molecule has 0 amide bonds. The zero-order valence-corrected chi connectivity index (χ0v) is 7.07. The normalized spacial score (nSPS) is 9.90. The van der Waals surface area contributed by atoms with Gasteiger partial charge in [0.2, 0.25) is 0 Å². The van der Waals surface area contributed by atoms with Crippen molar-refractivity contribution in [2.75, 3.05) is 5.73 Å². The van der Waals surface area contributed by atoms with E-state index >= 15 is 0 Å². The van der Waals surface area contributed by atoms with E-state index in [2.05, 4.69) is 15.9 Å². The number of hydrogen-bond donors (Lipinski definition) is 1. The topological polar surface area (TPSA) is 26.0 Å². The standard InChI is InChI=1S/C7H7BrFN/c1-4-2-5(10)3-6(9)7(4)8/h2-3H,10H2,1H3. The summed E-state index contributed by atoms with van der Waals surface area (Å²) in [6.07, 6.45) is 0. The Balaban J connectivity index is 3.31. The average Bonchev–Trinajstić information content (AvgIpc) is 1.82. The smallest absolute Gasteiger partial charge is 0.139 e. The monoisotopic (exact) mass is 203 g/mol. The van der Waals surface area contributed by atoms with Gasteiger partial charge in [-0.05, 0) is 40.5 Å². The molecule has 0 unspecified atom stereocenters. The van der Waals surface area contributed by atoms with Gasteiger partial charge in [-0.3, -0.25) is 0 Å². The number of benzene rings is 1. The molecule has 10 heavy (non-hydrogen) atoms. The lowest BCUT2D eigenvalue weighted by molar-refractivity contribution is 0.620. The molecule has 0 heterocycles. The Hall–Kier alpha value is -0.570. The summed E-state index contributed by atoms with van der Waals surface area (Å²) < 4.78 is 13.2. The first kappa shape index (κ1) is 7.54. The van der Waals surface area contributed by atoms with Crippen molar-refractivity contribution >= 4 is 21.6 Å². The number of nitrogen functional groups attached to an aromatic ring is 1. The fraction of sp³-hybridized carbons (Fsp3) is 0.143. The van der Waals surface area contributed by atoms with E-state index in [1.807, 2.05) is 0 Å². The number of rotatable bonds is 0. The van der Waals surface area contributed by atoms with Crippen molar-refractivity contribution in [3.8, 4) is 0 Å². The minimum Gasteiger partial charge on any atom is -0.399 e. The molecule has 0 saturated heterocycles. The molecule has 0 aliphatic carbocycles. The molecule has 2 N–H and O–H groups in total. The molecule has 1 rings (SSSR count). The number of nitrogens with two attached hydrogens (primary N) is 1. The van der Waals surface area contributed by atoms with Gasteiger partial charge in [-0.15, -0.1) is 0 Å². The van der Waals surface area contributed by atoms with E-state index in [1.165, 1.54) is 6.07 Å². The van der Waals surface area contributed by atoms with Gasteiger partial charge >= 0.3 is 0 Å². The van der Waals surface area contributed by atoms with Crippen LogP contribution < -0.4 is 5.73 Å². The molecule has 0 bridgehead atoms. The maximum absolute atomic E-state index is 12.7. The molecule has 0 aliphatic rings. The lowest BCUT2D eigenvalue weighted by atomic mass is 10.2. The van der Waals surface area contributed by atoms with Gasteiger partial charge in [0.1, 0.15) is 5.82 Å². The molecule has 0 aliphatic heterocycles. The molecule has 0 radical (unpaired) electrons. The third-order valence-corrected chi connectivity index (χ3v) is 2.24. The molecule has 0 saturated carbocycles. The molecule has 0 fully saturated rings. The van der Waals surface area contributed by atoms with Gasteiger partial charge in [0.25, 0.3) is 0 Å². The van der Waals surface area contributed by atoms with E-state index < -0.39 is 0 Å². The van der Waals surface area contributed by atoms with Crippen LogP contribution in [-0.2, 0) is 0 Å². The zero-order valence-electron chi connectivity index (χ0n) is 5.49. The number of halogens is 2. The molecular weight excluding hydrogens is 197 g/mol. The predicted molar refractivity (Wildman–Crippen MR) is 43.2 cm³/mol. The van der Waals surface area contributed by atoms with Crippen LogP contribution in [0, 0.1) is 12.7 Å². The van der Waals surface area contributed by atoms with Crippen LogP contribution in [0.4, 0.5) is 10.1 Å². The Morgan fingerprint density at radius 1 is 1.50 bits per heavy atom. The minimum atomic E-state index is -0.308. The molecule has 54 valence electrons. The van der Waals surface area contributed by atoms with E-state index in [0.29, 0.717) is 10.2 Å². The summed E-state index contributed by atoms with van der Waals surface area (Å²) >= 11 is 3.08. The quantitative estimate of drug-likeness (QED) is 0.645. The highest BCUT2D eigenvalue weighted by Gasteiger charge is 2.01. The Bertz CT molecular complexity index is 237. The van der Waals surface area contributed by atoms with Crippen molar-refractivity contribution in [2.24, 2.45) is 0 Å². The predicted octanol–water partition coefficient (Wildman–Crippen LogP) is 2.48. The lowest BCUT2D eigenvalue weighted by Crippen LogP contribution is -1.89. The van der Waals surface area contributed by atoms with Crippen LogP contribution in [0.15, 0.2) is 16.6 Å². The SMILES string of the molecule is Cc1cc(N)cc(F)c1Br. The summed E-state index contributed by atoms with van der Waals surface area (Å²) in [6.45, 7) is 1.80. The second kappa shape index (κ2) is 2.58. The summed E-state index contributed by atoms with van der Waals surface area (Å²) in [5, 5.41) is 0. The minimum absolute atomic E-state index is 0.308. The van der Waals surface area contributed by atoms with Crippen LogP contribution in [0.1, 0.15) is 5.56 Å². The van der Waals surface area contributed by atoms with E-state index in [-0.39, 0.29) is 5.82 Å². The zero-order chi connectivity index (χ0) is 7.72. The van der Waals surface area contributed by atoms with Crippen LogP contribution in [0.25, 0.3) is 0 Å². The molecule has 0 aromatic heterocycles. The Morgan fingerprint density at radius 2 is 2.10 bits per heavy atom. The Morgan fingerprint density at radius 3 is 2.60 bits per heavy atom. The van der Waals surface area contributed by atoms with E-state index in [4.69, 9.17) is 5.73 Å². The van der Waals surface area contributed by atoms with Crippen LogP contribution in [-0.4, -0.2) is 0 Å². The number of anilines is 1. The van der Waals surface area contributed by atoms with E-state index in [9.17, 15) is 4.39 Å². The second-order valence-corrected chi connectivity index (χ2v) is 2.93. The van der Waals surface area contributed by atoms with Gasteiger partial charge in [0, 0.05) is 5.69 Å². The third-order valence-electron chi connectivity index (χ3n) is 1.23. The Labute approximate surface area is 67.2 Å². The van der Waals surface area contributed by atoms with Gasteiger partial charge in [0.15, 0.2) is 0 Å². The summed E-state index contributed by atoms with van der Waals surface area (Å²) in [4.78, 5) is 0. The average molecular weight is 204 g/mol. The molecule has 1 aromatic carbocycles. The first-order chi connectivity index (χ1) is 4.61. The summed E-state index contributed by atoms with van der Waals surface area (Å²) in [5.41, 5.74) is 6.64. The molecule has 1 aromatic rings. The van der Waals surface area contributed by atoms with Crippen molar-refractivity contribution in [1.29, 1.82) is 0 Å². The van der Waals surface area contributed by atoms with Crippen LogP contribution in [0.3, 0.4) is 0 Å². The molecular formula is C7H7BrFN. The van der Waals surface area contributed by atoms with Crippen LogP contribution in [0.2, 0.25) is 0 Å². The maximum Gasteiger partial charge on any atom is 0.139 e. The summed E-state index contributed by atoms with van der Waals surface area (Å²) in [7, 11) is 0. The third kappa shape index (κ3) is 1.29. The lowest BCUT2D eigenvalue weighted by Gasteiger charge is -2.00. The van der Waals surface area contributed by atoms with Gasteiger partial charge < -0.3 is 5.73 Å². The highest BCUT2D eigenvalue weighted by atomic mass is 79.9. The van der Waals surface area contributed by atoms with Gasteiger partial charge in [0.05, 0.1) is 4.47 Å². The fourth-order valence-corrected chi connectivity index (χ4v) is 0.982. The second-order valence-electron chi connectivity index (χ2n) is 2.13. The van der Waals surface area contributed by atoms with Gasteiger partial charge in [-0.25, -0.2) is 4.39 Å². The number of hydrogen-bond acceptors (Lipinski definition) is 1. The maximum atomic E-state index is 12.7. The molecule has 0 spiro atoms. The van der Waals surface area contributed by atoms with E-state index in [0.717, 1.165) is 5.56 Å². The van der Waals surface area contributed by atoms with Crippen molar-refractivity contribution in [3.63, 3.8) is 0 Å². The van der Waals surface area contributed by atoms with E-state index in [1.54, 1.807) is 13.0 Å².